The van der Waals surface area contributed by atoms with Gasteiger partial charge in [0.25, 0.3) is 0 Å². The minimum atomic E-state index is -3.74. The van der Waals surface area contributed by atoms with Crippen molar-refractivity contribution in [3.8, 4) is 0 Å². The van der Waals surface area contributed by atoms with E-state index in [9.17, 15) is 18.0 Å². The van der Waals surface area contributed by atoms with Crippen molar-refractivity contribution in [1.29, 1.82) is 0 Å². The maximum atomic E-state index is 12.6. The van der Waals surface area contributed by atoms with Gasteiger partial charge >= 0.3 is 0 Å². The maximum absolute atomic E-state index is 12.6. The number of hydrogen-bond donors (Lipinski definition) is 2. The van der Waals surface area contributed by atoms with Crippen LogP contribution >= 0.6 is 0 Å². The second-order valence-corrected chi connectivity index (χ2v) is 8.99. The molecule has 2 aromatic rings. The van der Waals surface area contributed by atoms with Crippen LogP contribution in [0.25, 0.3) is 0 Å². The molecule has 2 N–H and O–H groups in total. The normalized spacial score (nSPS) is 13.3. The first-order valence-corrected chi connectivity index (χ1v) is 10.9. The molecule has 1 aliphatic rings. The van der Waals surface area contributed by atoms with Gasteiger partial charge in [0.2, 0.25) is 21.8 Å². The monoisotopic (exact) mass is 415 g/mol. The Morgan fingerprint density at radius 3 is 2.55 bits per heavy atom. The molecular weight excluding hydrogens is 390 g/mol. The first-order valence-electron chi connectivity index (χ1n) is 9.45. The van der Waals surface area contributed by atoms with E-state index in [1.54, 1.807) is 17.0 Å². The Bertz CT molecular complexity index is 1060. The van der Waals surface area contributed by atoms with E-state index >= 15 is 0 Å². The number of sulfonamides is 1. The Balaban J connectivity index is 1.59. The minimum Gasteiger partial charge on any atom is -0.326 e. The first kappa shape index (κ1) is 21.0. The summed E-state index contributed by atoms with van der Waals surface area (Å²) < 4.78 is 27.6. The molecule has 154 valence electrons. The van der Waals surface area contributed by atoms with Gasteiger partial charge in [-0.1, -0.05) is 17.7 Å². The van der Waals surface area contributed by atoms with Gasteiger partial charge < -0.3 is 10.2 Å². The number of rotatable bonds is 6. The molecule has 3 rings (SSSR count). The van der Waals surface area contributed by atoms with Crippen LogP contribution in [-0.4, -0.2) is 33.3 Å². The van der Waals surface area contributed by atoms with Crippen molar-refractivity contribution in [2.45, 2.75) is 38.5 Å². The highest BCUT2D eigenvalue weighted by molar-refractivity contribution is 7.89. The zero-order valence-electron chi connectivity index (χ0n) is 16.8. The lowest BCUT2D eigenvalue weighted by molar-refractivity contribution is -0.117. The number of nitrogens with zero attached hydrogens (tertiary/aromatic N) is 1. The van der Waals surface area contributed by atoms with Crippen molar-refractivity contribution < 1.29 is 18.0 Å². The third-order valence-corrected chi connectivity index (χ3v) is 6.40. The van der Waals surface area contributed by atoms with Gasteiger partial charge in [0.1, 0.15) is 0 Å². The van der Waals surface area contributed by atoms with E-state index < -0.39 is 10.0 Å². The number of benzene rings is 2. The third kappa shape index (κ3) is 4.83. The quantitative estimate of drug-likeness (QED) is 0.758. The fourth-order valence-electron chi connectivity index (χ4n) is 3.42. The topological polar surface area (TPSA) is 95.6 Å². The fourth-order valence-corrected chi connectivity index (χ4v) is 4.50. The molecule has 0 saturated heterocycles. The van der Waals surface area contributed by atoms with Crippen molar-refractivity contribution in [1.82, 2.24) is 4.72 Å². The number of carbonyl (C=O) groups excluding carboxylic acids is 2. The van der Waals surface area contributed by atoms with Crippen LogP contribution in [0.1, 0.15) is 30.0 Å². The van der Waals surface area contributed by atoms with Crippen molar-refractivity contribution in [2.75, 3.05) is 23.3 Å². The van der Waals surface area contributed by atoms with E-state index in [4.69, 9.17) is 0 Å². The number of fused-ring (bicyclic) bond motifs is 1. The number of amides is 2. The smallest absolute Gasteiger partial charge is 0.240 e. The Morgan fingerprint density at radius 1 is 1.10 bits per heavy atom. The summed E-state index contributed by atoms with van der Waals surface area (Å²) in [5.41, 5.74) is 4.36. The van der Waals surface area contributed by atoms with E-state index in [1.807, 2.05) is 32.0 Å². The molecule has 0 aromatic heterocycles. The van der Waals surface area contributed by atoms with E-state index in [0.29, 0.717) is 13.0 Å². The Labute approximate surface area is 171 Å². The number of aryl methyl sites for hydroxylation is 2. The minimum absolute atomic E-state index is 0.00423. The van der Waals surface area contributed by atoms with Crippen molar-refractivity contribution in [2.24, 2.45) is 0 Å². The van der Waals surface area contributed by atoms with Crippen LogP contribution < -0.4 is 14.9 Å². The molecule has 0 aliphatic carbocycles. The molecular formula is C21H25N3O4S. The summed E-state index contributed by atoms with van der Waals surface area (Å²) in [6.07, 6.45) is 0.645. The Kier molecular flexibility index (Phi) is 6.04. The number of hydrogen-bond acceptors (Lipinski definition) is 4. The van der Waals surface area contributed by atoms with E-state index in [0.717, 1.165) is 28.1 Å². The number of nitrogens with one attached hydrogen (secondary N) is 2. The summed E-state index contributed by atoms with van der Waals surface area (Å²) in [6.45, 7) is 5.93. The second kappa shape index (κ2) is 8.34. The van der Waals surface area contributed by atoms with Gasteiger partial charge in [-0.3, -0.25) is 9.59 Å². The lowest BCUT2D eigenvalue weighted by atomic mass is 10.1. The molecule has 0 spiro atoms. The summed E-state index contributed by atoms with van der Waals surface area (Å²) in [5, 5.41) is 2.80. The van der Waals surface area contributed by atoms with Crippen molar-refractivity contribution in [3.05, 3.63) is 53.1 Å². The molecule has 0 saturated carbocycles. The molecule has 2 aromatic carbocycles. The summed E-state index contributed by atoms with van der Waals surface area (Å²) >= 11 is 0. The predicted octanol–water partition coefficient (Wildman–Crippen LogP) is 2.52. The van der Waals surface area contributed by atoms with Crippen LogP contribution in [0.15, 0.2) is 41.3 Å². The summed E-state index contributed by atoms with van der Waals surface area (Å²) in [6, 6.07) is 10.5. The van der Waals surface area contributed by atoms with E-state index in [-0.39, 0.29) is 29.7 Å². The lowest BCUT2D eigenvalue weighted by Gasteiger charge is -2.15. The SMILES string of the molecule is CC(=O)N1CCc2cc(S(=O)(=O)NCCC(=O)Nc3ccc(C)cc3C)ccc21. The third-order valence-electron chi connectivity index (χ3n) is 4.94. The van der Waals surface area contributed by atoms with Crippen LogP contribution in [-0.2, 0) is 26.0 Å². The predicted molar refractivity (Wildman–Crippen MR) is 113 cm³/mol. The zero-order chi connectivity index (χ0) is 21.2. The molecule has 8 heteroatoms. The van der Waals surface area contributed by atoms with Gasteiger partial charge in [-0.2, -0.15) is 0 Å². The van der Waals surface area contributed by atoms with Crippen LogP contribution in [0, 0.1) is 13.8 Å². The lowest BCUT2D eigenvalue weighted by Crippen LogP contribution is -2.28. The highest BCUT2D eigenvalue weighted by atomic mass is 32.2. The summed E-state index contributed by atoms with van der Waals surface area (Å²) in [7, 11) is -3.74. The standard InChI is InChI=1S/C21H25N3O4S/c1-14-4-6-19(15(2)12-14)23-21(26)8-10-22-29(27,28)18-5-7-20-17(13-18)9-11-24(20)16(3)25/h4-7,12-13,22H,8-11H2,1-3H3,(H,23,26). The molecule has 2 amide bonds. The summed E-state index contributed by atoms with van der Waals surface area (Å²) in [4.78, 5) is 25.5. The van der Waals surface area contributed by atoms with Crippen LogP contribution in [0.4, 0.5) is 11.4 Å². The first-order chi connectivity index (χ1) is 13.7. The van der Waals surface area contributed by atoms with Gasteiger partial charge in [0.05, 0.1) is 4.90 Å². The van der Waals surface area contributed by atoms with Gasteiger partial charge in [-0.05, 0) is 55.7 Å². The fraction of sp³-hybridized carbons (Fsp3) is 0.333. The average Bonchev–Trinajstić information content (AvgIpc) is 3.07. The highest BCUT2D eigenvalue weighted by Gasteiger charge is 2.24. The van der Waals surface area contributed by atoms with E-state index in [2.05, 4.69) is 10.0 Å². The largest absolute Gasteiger partial charge is 0.326 e. The number of anilines is 2. The average molecular weight is 416 g/mol. The van der Waals surface area contributed by atoms with Crippen molar-refractivity contribution >= 4 is 33.2 Å². The van der Waals surface area contributed by atoms with Crippen LogP contribution in [0.3, 0.4) is 0 Å². The maximum Gasteiger partial charge on any atom is 0.240 e. The van der Waals surface area contributed by atoms with E-state index in [1.165, 1.54) is 13.0 Å². The molecule has 0 fully saturated rings. The van der Waals surface area contributed by atoms with Gasteiger partial charge in [-0.15, -0.1) is 0 Å². The highest BCUT2D eigenvalue weighted by Crippen LogP contribution is 2.30. The molecule has 0 atom stereocenters. The Hall–Kier alpha value is -2.71. The molecule has 0 radical (unpaired) electrons. The molecule has 1 heterocycles. The molecule has 1 aliphatic heterocycles. The molecule has 0 bridgehead atoms. The molecule has 7 nitrogen and oxygen atoms in total. The Morgan fingerprint density at radius 2 is 1.86 bits per heavy atom. The molecule has 29 heavy (non-hydrogen) atoms. The van der Waals surface area contributed by atoms with Gasteiger partial charge in [0, 0.05) is 37.8 Å². The van der Waals surface area contributed by atoms with Gasteiger partial charge in [0.15, 0.2) is 0 Å². The van der Waals surface area contributed by atoms with Crippen molar-refractivity contribution in [3.63, 3.8) is 0 Å². The molecule has 0 unspecified atom stereocenters. The zero-order valence-corrected chi connectivity index (χ0v) is 17.6. The summed E-state index contributed by atoms with van der Waals surface area (Å²) in [5.74, 6) is -0.321. The van der Waals surface area contributed by atoms with Crippen LogP contribution in [0.5, 0.6) is 0 Å². The second-order valence-electron chi connectivity index (χ2n) is 7.23. The van der Waals surface area contributed by atoms with Gasteiger partial charge in [-0.25, -0.2) is 13.1 Å². The number of carbonyl (C=O) groups is 2. The van der Waals surface area contributed by atoms with Crippen LogP contribution in [0.2, 0.25) is 0 Å².